The topological polar surface area (TPSA) is 61.7 Å². The third-order valence-corrected chi connectivity index (χ3v) is 4.90. The predicted molar refractivity (Wildman–Crippen MR) is 86.6 cm³/mol. The molecule has 0 aliphatic heterocycles. The van der Waals surface area contributed by atoms with E-state index in [0.29, 0.717) is 23.3 Å². The van der Waals surface area contributed by atoms with Crippen molar-refractivity contribution in [2.45, 2.75) is 44.8 Å². The van der Waals surface area contributed by atoms with Crippen molar-refractivity contribution >= 4 is 15.9 Å². The lowest BCUT2D eigenvalue weighted by atomic mass is 9.79. The molecule has 5 heteroatoms. The molecule has 0 bridgehead atoms. The van der Waals surface area contributed by atoms with Crippen LogP contribution in [-0.4, -0.2) is 29.5 Å². The van der Waals surface area contributed by atoms with Crippen molar-refractivity contribution in [1.82, 2.24) is 5.32 Å². The molecule has 0 aromatic heterocycles. The summed E-state index contributed by atoms with van der Waals surface area (Å²) in [6, 6.07) is 3.66. The van der Waals surface area contributed by atoms with Gasteiger partial charge in [0, 0.05) is 13.1 Å². The lowest BCUT2D eigenvalue weighted by Gasteiger charge is -2.35. The minimum atomic E-state index is -0.579. The lowest BCUT2D eigenvalue weighted by Crippen LogP contribution is -2.43. The number of benzene rings is 1. The zero-order chi connectivity index (χ0) is 15.5. The maximum atomic E-state index is 10.5. The van der Waals surface area contributed by atoms with Gasteiger partial charge in [-0.3, -0.25) is 0 Å². The molecule has 1 aromatic carbocycles. The van der Waals surface area contributed by atoms with Gasteiger partial charge in [0.15, 0.2) is 11.5 Å². The van der Waals surface area contributed by atoms with Crippen LogP contribution in [0.4, 0.5) is 0 Å². The number of hydrogen-bond donors (Lipinski definition) is 3. The number of ether oxygens (including phenoxy) is 1. The molecule has 0 saturated heterocycles. The van der Waals surface area contributed by atoms with Gasteiger partial charge in [-0.05, 0) is 65.2 Å². The van der Waals surface area contributed by atoms with Crippen LogP contribution in [-0.2, 0) is 6.54 Å². The summed E-state index contributed by atoms with van der Waals surface area (Å²) < 4.78 is 5.75. The lowest BCUT2D eigenvalue weighted by molar-refractivity contribution is -0.00630. The van der Waals surface area contributed by atoms with Crippen molar-refractivity contribution in [2.24, 2.45) is 5.92 Å². The van der Waals surface area contributed by atoms with Gasteiger partial charge in [-0.1, -0.05) is 6.92 Å². The van der Waals surface area contributed by atoms with Crippen LogP contribution in [0.5, 0.6) is 11.5 Å². The SMILES string of the molecule is COc1cc(CNCC2(O)CCC(C)CC2)cc(Br)c1O. The summed E-state index contributed by atoms with van der Waals surface area (Å²) in [5, 5.41) is 23.6. The molecule has 1 aromatic rings. The molecular formula is C16H24BrNO3. The largest absolute Gasteiger partial charge is 0.503 e. The van der Waals surface area contributed by atoms with Gasteiger partial charge in [-0.15, -0.1) is 0 Å². The predicted octanol–water partition coefficient (Wildman–Crippen LogP) is 3.19. The maximum absolute atomic E-state index is 10.5. The van der Waals surface area contributed by atoms with E-state index in [9.17, 15) is 10.2 Å². The zero-order valence-corrected chi connectivity index (χ0v) is 14.2. The van der Waals surface area contributed by atoms with Crippen molar-refractivity contribution in [3.8, 4) is 11.5 Å². The highest BCUT2D eigenvalue weighted by Crippen LogP contribution is 2.35. The van der Waals surface area contributed by atoms with Gasteiger partial charge in [0.2, 0.25) is 0 Å². The van der Waals surface area contributed by atoms with Gasteiger partial charge in [-0.25, -0.2) is 0 Å². The Bertz CT molecular complexity index is 485. The highest BCUT2D eigenvalue weighted by molar-refractivity contribution is 9.10. The number of aromatic hydroxyl groups is 1. The third-order valence-electron chi connectivity index (χ3n) is 4.30. The van der Waals surface area contributed by atoms with Crippen LogP contribution in [0.1, 0.15) is 38.2 Å². The van der Waals surface area contributed by atoms with Crippen molar-refractivity contribution in [1.29, 1.82) is 0 Å². The second-order valence-electron chi connectivity index (χ2n) is 6.14. The fourth-order valence-corrected chi connectivity index (χ4v) is 3.29. The number of phenols is 1. The van der Waals surface area contributed by atoms with Crippen LogP contribution in [0.25, 0.3) is 0 Å². The van der Waals surface area contributed by atoms with Crippen LogP contribution in [0.15, 0.2) is 16.6 Å². The summed E-state index contributed by atoms with van der Waals surface area (Å²) in [5.41, 5.74) is 0.425. The smallest absolute Gasteiger partial charge is 0.172 e. The van der Waals surface area contributed by atoms with Crippen LogP contribution < -0.4 is 10.1 Å². The number of hydrogen-bond acceptors (Lipinski definition) is 4. The summed E-state index contributed by atoms with van der Waals surface area (Å²) in [4.78, 5) is 0. The molecule has 1 aliphatic rings. The van der Waals surface area contributed by atoms with E-state index in [4.69, 9.17) is 4.74 Å². The van der Waals surface area contributed by atoms with E-state index in [0.717, 1.165) is 37.2 Å². The van der Waals surface area contributed by atoms with E-state index >= 15 is 0 Å². The molecule has 3 N–H and O–H groups in total. The van der Waals surface area contributed by atoms with Crippen LogP contribution in [0.2, 0.25) is 0 Å². The molecule has 0 radical (unpaired) electrons. The standard InChI is InChI=1S/C16H24BrNO3/c1-11-3-5-16(20,6-4-11)10-18-9-12-7-13(17)15(19)14(8-12)21-2/h7-8,11,18-20H,3-6,9-10H2,1-2H3. The van der Waals surface area contributed by atoms with Crippen molar-refractivity contribution in [2.75, 3.05) is 13.7 Å². The summed E-state index contributed by atoms with van der Waals surface area (Å²) in [5.74, 6) is 1.29. The molecule has 0 heterocycles. The van der Waals surface area contributed by atoms with E-state index in [1.54, 1.807) is 6.07 Å². The number of methoxy groups -OCH3 is 1. The van der Waals surface area contributed by atoms with E-state index in [-0.39, 0.29) is 5.75 Å². The Morgan fingerprint density at radius 2 is 2.05 bits per heavy atom. The molecule has 0 atom stereocenters. The molecule has 0 amide bonds. The molecular weight excluding hydrogens is 334 g/mol. The molecule has 1 fully saturated rings. The summed E-state index contributed by atoms with van der Waals surface area (Å²) >= 11 is 3.32. The molecule has 2 rings (SSSR count). The van der Waals surface area contributed by atoms with Gasteiger partial charge in [0.05, 0.1) is 17.2 Å². The van der Waals surface area contributed by atoms with Gasteiger partial charge in [-0.2, -0.15) is 0 Å². The minimum absolute atomic E-state index is 0.112. The summed E-state index contributed by atoms with van der Waals surface area (Å²) in [6.45, 7) is 3.47. The Labute approximate surface area is 134 Å². The highest BCUT2D eigenvalue weighted by atomic mass is 79.9. The minimum Gasteiger partial charge on any atom is -0.503 e. The number of halogens is 1. The Morgan fingerprint density at radius 3 is 2.67 bits per heavy atom. The quantitative estimate of drug-likeness (QED) is 0.757. The normalized spacial score (nSPS) is 25.8. The number of phenolic OH excluding ortho intramolecular Hbond substituents is 1. The average molecular weight is 358 g/mol. The number of nitrogens with one attached hydrogen (secondary N) is 1. The van der Waals surface area contributed by atoms with Crippen LogP contribution in [0, 0.1) is 5.92 Å². The van der Waals surface area contributed by atoms with Crippen LogP contribution >= 0.6 is 15.9 Å². The summed E-state index contributed by atoms with van der Waals surface area (Å²) in [6.07, 6.45) is 3.92. The first-order valence-electron chi connectivity index (χ1n) is 7.42. The van der Waals surface area contributed by atoms with Crippen molar-refractivity contribution in [3.63, 3.8) is 0 Å². The van der Waals surface area contributed by atoms with E-state index in [2.05, 4.69) is 28.2 Å². The van der Waals surface area contributed by atoms with Crippen molar-refractivity contribution in [3.05, 3.63) is 22.2 Å². The molecule has 1 saturated carbocycles. The molecule has 0 spiro atoms. The first-order chi connectivity index (χ1) is 9.93. The number of aliphatic hydroxyl groups is 1. The van der Waals surface area contributed by atoms with Crippen LogP contribution in [0.3, 0.4) is 0 Å². The van der Waals surface area contributed by atoms with Crippen molar-refractivity contribution < 1.29 is 14.9 Å². The Kier molecular flexibility index (Phi) is 5.52. The second-order valence-corrected chi connectivity index (χ2v) is 6.99. The fraction of sp³-hybridized carbons (Fsp3) is 0.625. The Balaban J connectivity index is 1.90. The van der Waals surface area contributed by atoms with Gasteiger partial charge in [0.25, 0.3) is 0 Å². The summed E-state index contributed by atoms with van der Waals surface area (Å²) in [7, 11) is 1.53. The maximum Gasteiger partial charge on any atom is 0.172 e. The molecule has 4 nitrogen and oxygen atoms in total. The molecule has 118 valence electrons. The third kappa shape index (κ3) is 4.34. The second kappa shape index (κ2) is 6.99. The van der Waals surface area contributed by atoms with Gasteiger partial charge >= 0.3 is 0 Å². The van der Waals surface area contributed by atoms with Gasteiger partial charge in [0.1, 0.15) is 0 Å². The zero-order valence-electron chi connectivity index (χ0n) is 12.7. The first kappa shape index (κ1) is 16.6. The highest BCUT2D eigenvalue weighted by Gasteiger charge is 2.31. The molecule has 1 aliphatic carbocycles. The molecule has 21 heavy (non-hydrogen) atoms. The average Bonchev–Trinajstić information content (AvgIpc) is 2.46. The fourth-order valence-electron chi connectivity index (χ4n) is 2.80. The van der Waals surface area contributed by atoms with E-state index in [1.165, 1.54) is 7.11 Å². The number of rotatable bonds is 5. The Morgan fingerprint density at radius 1 is 1.38 bits per heavy atom. The Hall–Kier alpha value is -0.780. The molecule has 0 unspecified atom stereocenters. The first-order valence-corrected chi connectivity index (χ1v) is 8.21. The monoisotopic (exact) mass is 357 g/mol. The van der Waals surface area contributed by atoms with E-state index in [1.807, 2.05) is 6.07 Å². The van der Waals surface area contributed by atoms with E-state index < -0.39 is 5.60 Å². The van der Waals surface area contributed by atoms with Gasteiger partial charge < -0.3 is 20.3 Å².